The van der Waals surface area contributed by atoms with Crippen LogP contribution in [0.1, 0.15) is 110 Å². The molecule has 0 bridgehead atoms. The smallest absolute Gasteiger partial charge is 0.348 e. The van der Waals surface area contributed by atoms with Gasteiger partial charge in [0.05, 0.1) is 18.8 Å². The van der Waals surface area contributed by atoms with Crippen molar-refractivity contribution in [1.29, 1.82) is 0 Å². The highest BCUT2D eigenvalue weighted by atomic mass is 32.1. The quantitative estimate of drug-likeness (QED) is 0.0411. The number of unbranched alkanes of at least 4 members (excludes halogenated alkanes) is 10. The Hall–Kier alpha value is -4.17. The molecule has 0 aliphatic heterocycles. The maximum Gasteiger partial charge on any atom is 0.348 e. The fourth-order valence-corrected chi connectivity index (χ4v) is 6.08. The number of halogens is 1. The van der Waals surface area contributed by atoms with Gasteiger partial charge >= 0.3 is 11.9 Å². The van der Waals surface area contributed by atoms with Gasteiger partial charge in [0.2, 0.25) is 0 Å². The SMILES string of the molecule is CCCCCC[C@H](F)COc1ccc(C(=O)Oc2ccc(-c3ccc(OCCCCCCCCCCOC(=O)c4cccs4)cc3)cc2)cc1. The van der Waals surface area contributed by atoms with Crippen molar-refractivity contribution in [2.75, 3.05) is 19.8 Å². The molecule has 0 spiro atoms. The summed E-state index contributed by atoms with van der Waals surface area (Å²) in [7, 11) is 0. The number of esters is 2. The van der Waals surface area contributed by atoms with E-state index in [1.807, 2.05) is 47.8 Å². The van der Waals surface area contributed by atoms with E-state index in [0.717, 1.165) is 68.2 Å². The summed E-state index contributed by atoms with van der Waals surface area (Å²) >= 11 is 1.41. The lowest BCUT2D eigenvalue weighted by atomic mass is 10.1. The molecular formula is C42H51FO6S. The molecule has 1 heterocycles. The first-order chi connectivity index (χ1) is 24.5. The minimum absolute atomic E-state index is 0.0149. The molecule has 0 N–H and O–H groups in total. The second-order valence-electron chi connectivity index (χ2n) is 12.5. The number of carbonyl (C=O) groups is 2. The highest BCUT2D eigenvalue weighted by molar-refractivity contribution is 7.11. The number of alkyl halides is 1. The Balaban J connectivity index is 1.05. The highest BCUT2D eigenvalue weighted by Crippen LogP contribution is 2.26. The van der Waals surface area contributed by atoms with Crippen molar-refractivity contribution in [3.8, 4) is 28.4 Å². The number of rotatable bonds is 24. The zero-order valence-corrected chi connectivity index (χ0v) is 30.1. The third-order valence-corrected chi connectivity index (χ3v) is 9.26. The van der Waals surface area contributed by atoms with Gasteiger partial charge in [-0.15, -0.1) is 11.3 Å². The van der Waals surface area contributed by atoms with E-state index in [-0.39, 0.29) is 12.6 Å². The van der Waals surface area contributed by atoms with Crippen molar-refractivity contribution in [2.24, 2.45) is 0 Å². The lowest BCUT2D eigenvalue weighted by molar-refractivity contribution is 0.0503. The monoisotopic (exact) mass is 702 g/mol. The van der Waals surface area contributed by atoms with E-state index in [0.29, 0.717) is 41.6 Å². The van der Waals surface area contributed by atoms with E-state index in [1.165, 1.54) is 37.0 Å². The maximum absolute atomic E-state index is 14.1. The lowest BCUT2D eigenvalue weighted by Gasteiger charge is -2.11. The van der Waals surface area contributed by atoms with E-state index in [1.54, 1.807) is 42.5 Å². The summed E-state index contributed by atoms with van der Waals surface area (Å²) in [5.41, 5.74) is 2.45. The predicted molar refractivity (Wildman–Crippen MR) is 199 cm³/mol. The molecular weight excluding hydrogens is 652 g/mol. The van der Waals surface area contributed by atoms with Crippen LogP contribution >= 0.6 is 11.3 Å². The van der Waals surface area contributed by atoms with Crippen LogP contribution in [-0.4, -0.2) is 37.9 Å². The fraction of sp³-hybridized carbons (Fsp3) is 0.429. The summed E-state index contributed by atoms with van der Waals surface area (Å²) in [5.74, 6) is 1.15. The molecule has 0 aliphatic rings. The van der Waals surface area contributed by atoms with Gasteiger partial charge < -0.3 is 18.9 Å². The van der Waals surface area contributed by atoms with Crippen LogP contribution in [0.3, 0.4) is 0 Å². The summed E-state index contributed by atoms with van der Waals surface area (Å²) in [4.78, 5) is 25.1. The van der Waals surface area contributed by atoms with Crippen LogP contribution in [0.2, 0.25) is 0 Å². The van der Waals surface area contributed by atoms with Gasteiger partial charge in [-0.3, -0.25) is 0 Å². The number of thiophene rings is 1. The Morgan fingerprint density at radius 1 is 0.620 bits per heavy atom. The van der Waals surface area contributed by atoms with Crippen LogP contribution in [0.5, 0.6) is 17.2 Å². The van der Waals surface area contributed by atoms with Gasteiger partial charge in [0, 0.05) is 0 Å². The molecule has 0 fully saturated rings. The molecule has 0 radical (unpaired) electrons. The van der Waals surface area contributed by atoms with Crippen molar-refractivity contribution < 1.29 is 32.9 Å². The minimum atomic E-state index is -0.992. The average molecular weight is 703 g/mol. The van der Waals surface area contributed by atoms with Gasteiger partial charge in [-0.2, -0.15) is 0 Å². The van der Waals surface area contributed by atoms with Crippen LogP contribution in [0, 0.1) is 0 Å². The fourth-order valence-electron chi connectivity index (χ4n) is 5.46. The zero-order chi connectivity index (χ0) is 35.2. The van der Waals surface area contributed by atoms with Crippen LogP contribution in [0.25, 0.3) is 11.1 Å². The summed E-state index contributed by atoms with van der Waals surface area (Å²) < 4.78 is 36.4. The molecule has 1 aromatic heterocycles. The average Bonchev–Trinajstić information content (AvgIpc) is 3.69. The van der Waals surface area contributed by atoms with Crippen LogP contribution < -0.4 is 14.2 Å². The maximum atomic E-state index is 14.1. The first-order valence-electron chi connectivity index (χ1n) is 18.1. The third kappa shape index (κ3) is 14.4. The molecule has 0 saturated carbocycles. The van der Waals surface area contributed by atoms with E-state index < -0.39 is 12.1 Å². The van der Waals surface area contributed by atoms with Crippen molar-refractivity contribution in [2.45, 2.75) is 96.6 Å². The first-order valence-corrected chi connectivity index (χ1v) is 19.0. The zero-order valence-electron chi connectivity index (χ0n) is 29.3. The van der Waals surface area contributed by atoms with Gasteiger partial charge in [-0.25, -0.2) is 14.0 Å². The van der Waals surface area contributed by atoms with Gasteiger partial charge in [-0.1, -0.05) is 101 Å². The van der Waals surface area contributed by atoms with Crippen molar-refractivity contribution in [1.82, 2.24) is 0 Å². The molecule has 268 valence electrons. The number of hydrogen-bond donors (Lipinski definition) is 0. The Kier molecular flexibility index (Phi) is 17.4. The van der Waals surface area contributed by atoms with E-state index in [4.69, 9.17) is 18.9 Å². The molecule has 0 unspecified atom stereocenters. The molecule has 4 aromatic rings. The number of benzene rings is 3. The summed E-state index contributed by atoms with van der Waals surface area (Å²) in [6.45, 7) is 3.34. The molecule has 3 aromatic carbocycles. The summed E-state index contributed by atoms with van der Waals surface area (Å²) in [6.07, 6.45) is 12.7. The van der Waals surface area contributed by atoms with Gasteiger partial charge in [0.25, 0.3) is 0 Å². The van der Waals surface area contributed by atoms with Gasteiger partial charge in [0.15, 0.2) is 0 Å². The second-order valence-corrected chi connectivity index (χ2v) is 13.5. The molecule has 1 atom stereocenters. The molecule has 50 heavy (non-hydrogen) atoms. The normalized spacial score (nSPS) is 11.6. The number of ether oxygens (including phenoxy) is 4. The third-order valence-electron chi connectivity index (χ3n) is 8.41. The predicted octanol–water partition coefficient (Wildman–Crippen LogP) is 11.7. The summed E-state index contributed by atoms with van der Waals surface area (Å²) in [6, 6.07) is 25.7. The van der Waals surface area contributed by atoms with E-state index in [2.05, 4.69) is 6.92 Å². The van der Waals surface area contributed by atoms with Crippen molar-refractivity contribution in [3.05, 3.63) is 101 Å². The molecule has 6 nitrogen and oxygen atoms in total. The topological polar surface area (TPSA) is 71.1 Å². The molecule has 8 heteroatoms. The van der Waals surface area contributed by atoms with Gasteiger partial charge in [0.1, 0.15) is 34.9 Å². The molecule has 0 saturated heterocycles. The van der Waals surface area contributed by atoms with Crippen molar-refractivity contribution in [3.63, 3.8) is 0 Å². The number of carbonyl (C=O) groups excluding carboxylic acids is 2. The van der Waals surface area contributed by atoms with Crippen LogP contribution in [0.15, 0.2) is 90.3 Å². The Morgan fingerprint density at radius 3 is 1.80 bits per heavy atom. The second kappa shape index (κ2) is 22.5. The van der Waals surface area contributed by atoms with Crippen LogP contribution in [-0.2, 0) is 4.74 Å². The first kappa shape index (κ1) is 38.6. The molecule has 0 aliphatic carbocycles. The Labute approximate surface area is 300 Å². The van der Waals surface area contributed by atoms with Crippen LogP contribution in [0.4, 0.5) is 4.39 Å². The van der Waals surface area contributed by atoms with Crippen molar-refractivity contribution >= 4 is 23.3 Å². The standard InChI is InChI=1S/C42H51FO6S/c1-2-3-4-11-15-36(43)32-48-38-25-21-35(22-26-38)41(44)49-39-27-19-34(20-28-39)33-17-23-37(24-18-33)46-29-12-9-7-5-6-8-10-13-30-47-42(45)40-16-14-31-50-40/h14,16-28,31,36H,2-13,15,29-30,32H2,1H3/t36-/m0/s1. The van der Waals surface area contributed by atoms with Gasteiger partial charge in [-0.05, 0) is 90.4 Å². The largest absolute Gasteiger partial charge is 0.494 e. The van der Waals surface area contributed by atoms with E-state index >= 15 is 0 Å². The summed E-state index contributed by atoms with van der Waals surface area (Å²) in [5, 5.41) is 1.88. The lowest BCUT2D eigenvalue weighted by Crippen LogP contribution is -2.13. The molecule has 0 amide bonds. The Morgan fingerprint density at radius 2 is 1.18 bits per heavy atom. The van der Waals surface area contributed by atoms with E-state index in [9.17, 15) is 14.0 Å². The number of hydrogen-bond acceptors (Lipinski definition) is 7. The molecule has 4 rings (SSSR count). The Bertz CT molecular complexity index is 1500. The minimum Gasteiger partial charge on any atom is -0.494 e. The highest BCUT2D eigenvalue weighted by Gasteiger charge is 2.12.